The number of hydrogen-bond acceptors (Lipinski definition) is 3. The van der Waals surface area contributed by atoms with Crippen LogP contribution in [-0.2, 0) is 10.0 Å². The van der Waals surface area contributed by atoms with Crippen LogP contribution >= 0.6 is 24.0 Å². The molecule has 6 nitrogen and oxygen atoms in total. The number of nitrogens with one attached hydrogen (secondary N) is 2. The standard InChI is InChI=1S/C17H31F3N4O2S.HI/c1-21-16(22-11-5-4-8-14-6-2-3-7-14)23-15-9-12-24(13-10-15)27(25,26)17(18,19)20;/h14-15H,2-13H2,1H3,(H2,21,22,23);1H. The molecule has 1 aliphatic heterocycles. The molecule has 0 aromatic carbocycles. The number of hydrogen-bond donors (Lipinski definition) is 2. The van der Waals surface area contributed by atoms with Gasteiger partial charge in [0.15, 0.2) is 5.96 Å². The predicted molar refractivity (Wildman–Crippen MR) is 115 cm³/mol. The Morgan fingerprint density at radius 2 is 1.71 bits per heavy atom. The Bertz CT molecular complexity index is 588. The molecular weight excluding hydrogens is 508 g/mol. The zero-order valence-corrected chi connectivity index (χ0v) is 19.4. The maximum absolute atomic E-state index is 12.6. The van der Waals surface area contributed by atoms with Crippen LogP contribution in [0.3, 0.4) is 0 Å². The molecule has 1 saturated carbocycles. The highest BCUT2D eigenvalue weighted by Crippen LogP contribution is 2.29. The fraction of sp³-hybridized carbons (Fsp3) is 0.941. The fourth-order valence-electron chi connectivity index (χ4n) is 3.84. The summed E-state index contributed by atoms with van der Waals surface area (Å²) in [5.74, 6) is 1.51. The smallest absolute Gasteiger partial charge is 0.356 e. The molecular formula is C17H32F3IN4O2S. The number of nitrogens with zero attached hydrogens (tertiary/aromatic N) is 2. The van der Waals surface area contributed by atoms with E-state index < -0.39 is 15.5 Å². The second kappa shape index (κ2) is 11.8. The van der Waals surface area contributed by atoms with E-state index in [4.69, 9.17) is 0 Å². The van der Waals surface area contributed by atoms with Crippen molar-refractivity contribution in [3.8, 4) is 0 Å². The predicted octanol–water partition coefficient (Wildman–Crippen LogP) is 3.44. The van der Waals surface area contributed by atoms with Crippen LogP contribution in [0.1, 0.15) is 57.8 Å². The summed E-state index contributed by atoms with van der Waals surface area (Å²) in [7, 11) is -3.58. The Labute approximate surface area is 183 Å². The van der Waals surface area contributed by atoms with Crippen LogP contribution < -0.4 is 10.6 Å². The molecule has 0 amide bonds. The van der Waals surface area contributed by atoms with Crippen molar-refractivity contribution >= 4 is 40.0 Å². The van der Waals surface area contributed by atoms with Crippen molar-refractivity contribution < 1.29 is 21.6 Å². The molecule has 0 atom stereocenters. The molecule has 2 N–H and O–H groups in total. The highest BCUT2D eigenvalue weighted by Gasteiger charge is 2.50. The van der Waals surface area contributed by atoms with Gasteiger partial charge in [-0.1, -0.05) is 38.5 Å². The molecule has 166 valence electrons. The van der Waals surface area contributed by atoms with E-state index in [0.717, 1.165) is 18.9 Å². The number of sulfonamides is 1. The van der Waals surface area contributed by atoms with Crippen molar-refractivity contribution in [2.75, 3.05) is 26.7 Å². The van der Waals surface area contributed by atoms with E-state index in [-0.39, 0.29) is 43.1 Å². The maximum atomic E-state index is 12.6. The van der Waals surface area contributed by atoms with Gasteiger partial charge in [0.25, 0.3) is 0 Å². The number of alkyl halides is 3. The lowest BCUT2D eigenvalue weighted by molar-refractivity contribution is -0.0494. The van der Waals surface area contributed by atoms with Gasteiger partial charge in [0.05, 0.1) is 0 Å². The minimum atomic E-state index is -5.23. The zero-order valence-electron chi connectivity index (χ0n) is 16.3. The molecule has 0 bridgehead atoms. The minimum absolute atomic E-state index is 0. The van der Waals surface area contributed by atoms with E-state index in [0.29, 0.717) is 23.1 Å². The second-order valence-electron chi connectivity index (χ2n) is 7.41. The van der Waals surface area contributed by atoms with Crippen LogP contribution in [0.2, 0.25) is 0 Å². The van der Waals surface area contributed by atoms with Crippen molar-refractivity contribution in [3.63, 3.8) is 0 Å². The van der Waals surface area contributed by atoms with E-state index >= 15 is 0 Å². The largest absolute Gasteiger partial charge is 0.511 e. The Kier molecular flexibility index (Phi) is 10.8. The van der Waals surface area contributed by atoms with E-state index in [9.17, 15) is 21.6 Å². The van der Waals surface area contributed by atoms with Gasteiger partial charge in [0.1, 0.15) is 0 Å². The molecule has 0 unspecified atom stereocenters. The van der Waals surface area contributed by atoms with E-state index in [1.165, 1.54) is 38.5 Å². The minimum Gasteiger partial charge on any atom is -0.356 e. The van der Waals surface area contributed by atoms with Crippen molar-refractivity contribution in [1.29, 1.82) is 0 Å². The van der Waals surface area contributed by atoms with Crippen molar-refractivity contribution in [2.45, 2.75) is 69.3 Å². The summed E-state index contributed by atoms with van der Waals surface area (Å²) in [5.41, 5.74) is -5.23. The van der Waals surface area contributed by atoms with Crippen LogP contribution in [-0.4, -0.2) is 56.9 Å². The SMILES string of the molecule is CN=C(NCCCCC1CCCC1)NC1CCN(S(=O)(=O)C(F)(F)F)CC1.I. The first-order valence-corrected chi connectivity index (χ1v) is 11.2. The average Bonchev–Trinajstić information content (AvgIpc) is 3.13. The third kappa shape index (κ3) is 7.51. The summed E-state index contributed by atoms with van der Waals surface area (Å²) < 4.78 is 61.2. The first-order valence-electron chi connectivity index (χ1n) is 9.77. The van der Waals surface area contributed by atoms with Gasteiger partial charge in [-0.05, 0) is 25.2 Å². The molecule has 0 spiro atoms. The molecule has 1 saturated heterocycles. The number of unbranched alkanes of at least 4 members (excludes halogenated alkanes) is 1. The summed E-state index contributed by atoms with van der Waals surface area (Å²) in [4.78, 5) is 4.15. The monoisotopic (exact) mass is 540 g/mol. The molecule has 1 aliphatic carbocycles. The van der Waals surface area contributed by atoms with E-state index in [2.05, 4.69) is 15.6 Å². The Balaban J connectivity index is 0.00000392. The molecule has 1 heterocycles. The topological polar surface area (TPSA) is 73.8 Å². The lowest BCUT2D eigenvalue weighted by Crippen LogP contribution is -2.51. The molecule has 2 fully saturated rings. The molecule has 0 aromatic rings. The van der Waals surface area contributed by atoms with Gasteiger partial charge in [-0.2, -0.15) is 17.5 Å². The van der Waals surface area contributed by atoms with Gasteiger partial charge in [0, 0.05) is 32.7 Å². The van der Waals surface area contributed by atoms with E-state index in [1.807, 2.05) is 0 Å². The first kappa shape index (κ1) is 25.7. The zero-order chi connectivity index (χ0) is 19.9. The molecule has 0 aromatic heterocycles. The van der Waals surface area contributed by atoms with Crippen molar-refractivity contribution in [3.05, 3.63) is 0 Å². The van der Waals surface area contributed by atoms with Crippen LogP contribution in [0.25, 0.3) is 0 Å². The van der Waals surface area contributed by atoms with Crippen LogP contribution in [0.4, 0.5) is 13.2 Å². The molecule has 28 heavy (non-hydrogen) atoms. The van der Waals surface area contributed by atoms with Gasteiger partial charge in [-0.3, -0.25) is 4.99 Å². The van der Waals surface area contributed by atoms with Crippen LogP contribution in [0, 0.1) is 5.92 Å². The van der Waals surface area contributed by atoms with Gasteiger partial charge < -0.3 is 10.6 Å². The molecule has 2 rings (SSSR count). The summed E-state index contributed by atoms with van der Waals surface area (Å²) in [6.07, 6.45) is 9.60. The molecule has 2 aliphatic rings. The number of aliphatic imine (C=N–C) groups is 1. The number of rotatable bonds is 7. The third-order valence-corrected chi connectivity index (χ3v) is 7.09. The lowest BCUT2D eigenvalue weighted by Gasteiger charge is -2.32. The number of piperidine rings is 1. The van der Waals surface area contributed by atoms with Gasteiger partial charge in [-0.25, -0.2) is 8.42 Å². The van der Waals surface area contributed by atoms with Gasteiger partial charge in [0.2, 0.25) is 0 Å². The number of guanidine groups is 1. The Morgan fingerprint density at radius 1 is 1.11 bits per heavy atom. The quantitative estimate of drug-likeness (QED) is 0.225. The van der Waals surface area contributed by atoms with Crippen LogP contribution in [0.5, 0.6) is 0 Å². The highest BCUT2D eigenvalue weighted by atomic mass is 127. The summed E-state index contributed by atoms with van der Waals surface area (Å²) in [5, 5.41) is 6.42. The maximum Gasteiger partial charge on any atom is 0.511 e. The third-order valence-electron chi connectivity index (χ3n) is 5.46. The van der Waals surface area contributed by atoms with Crippen LogP contribution in [0.15, 0.2) is 4.99 Å². The first-order chi connectivity index (χ1) is 12.7. The summed E-state index contributed by atoms with van der Waals surface area (Å²) >= 11 is 0. The van der Waals surface area contributed by atoms with Crippen molar-refractivity contribution in [1.82, 2.24) is 14.9 Å². The summed E-state index contributed by atoms with van der Waals surface area (Å²) in [6, 6.07) is -0.0885. The summed E-state index contributed by atoms with van der Waals surface area (Å²) in [6.45, 7) is 0.517. The Hall–Kier alpha value is -0.300. The fourth-order valence-corrected chi connectivity index (χ4v) is 4.82. The average molecular weight is 540 g/mol. The second-order valence-corrected chi connectivity index (χ2v) is 9.34. The number of halogens is 4. The van der Waals surface area contributed by atoms with E-state index in [1.54, 1.807) is 7.05 Å². The molecule has 0 radical (unpaired) electrons. The van der Waals surface area contributed by atoms with Gasteiger partial charge >= 0.3 is 15.5 Å². The highest BCUT2D eigenvalue weighted by molar-refractivity contribution is 14.0. The molecule has 11 heteroatoms. The van der Waals surface area contributed by atoms with Gasteiger partial charge in [-0.15, -0.1) is 24.0 Å². The Morgan fingerprint density at radius 3 is 2.25 bits per heavy atom. The van der Waals surface area contributed by atoms with Crippen molar-refractivity contribution in [2.24, 2.45) is 10.9 Å². The normalized spacial score (nSPS) is 20.8. The lowest BCUT2D eigenvalue weighted by atomic mass is 10.0.